The number of benzene rings is 1. The fourth-order valence-electron chi connectivity index (χ4n) is 2.27. The van der Waals surface area contributed by atoms with Crippen LogP contribution in [-0.4, -0.2) is 4.98 Å². The average molecular weight is 241 g/mol. The molecule has 2 aromatic heterocycles. The molecule has 0 fully saturated rings. The first-order valence-electron chi connectivity index (χ1n) is 6.13. The molecule has 3 heteroatoms. The van der Waals surface area contributed by atoms with Gasteiger partial charge in [-0.25, -0.2) is 9.55 Å². The van der Waals surface area contributed by atoms with E-state index in [4.69, 9.17) is 4.42 Å². The normalized spacial score (nSPS) is 12.4. The van der Waals surface area contributed by atoms with Crippen molar-refractivity contribution in [2.45, 2.75) is 26.2 Å². The number of aromatic nitrogens is 2. The number of aryl methyl sites for hydroxylation is 1. The van der Waals surface area contributed by atoms with Gasteiger partial charge in [0.15, 0.2) is 18.2 Å². The number of hydrogen-bond donors (Lipinski definition) is 0. The second-order valence-electron chi connectivity index (χ2n) is 5.79. The van der Waals surface area contributed by atoms with Crippen LogP contribution in [0.1, 0.15) is 26.3 Å². The maximum Gasteiger partial charge on any atom is 0.216 e. The Bertz CT molecular complexity index is 735. The third-order valence-electron chi connectivity index (χ3n) is 3.39. The zero-order chi connectivity index (χ0) is 12.9. The molecule has 2 heterocycles. The first kappa shape index (κ1) is 11.2. The van der Waals surface area contributed by atoms with Crippen LogP contribution < -0.4 is 4.57 Å². The fourth-order valence-corrected chi connectivity index (χ4v) is 2.27. The molecular formula is C15H17N2O+. The molecule has 0 radical (unpaired) electrons. The predicted molar refractivity (Wildman–Crippen MR) is 71.4 cm³/mol. The maximum absolute atomic E-state index is 5.53. The van der Waals surface area contributed by atoms with Gasteiger partial charge in [-0.2, -0.15) is 0 Å². The molecule has 18 heavy (non-hydrogen) atoms. The average Bonchev–Trinajstić information content (AvgIpc) is 2.75. The largest absolute Gasteiger partial charge is 0.443 e. The van der Waals surface area contributed by atoms with Crippen LogP contribution in [0.4, 0.5) is 0 Å². The third-order valence-corrected chi connectivity index (χ3v) is 3.39. The number of nitrogens with zero attached hydrogens (tertiary/aromatic N) is 2. The van der Waals surface area contributed by atoms with Crippen LogP contribution in [0.5, 0.6) is 0 Å². The highest BCUT2D eigenvalue weighted by Crippen LogP contribution is 2.27. The summed E-state index contributed by atoms with van der Waals surface area (Å²) in [6.45, 7) is 6.65. The molecule has 0 unspecified atom stereocenters. The molecular weight excluding hydrogens is 224 g/mol. The van der Waals surface area contributed by atoms with E-state index in [1.807, 2.05) is 6.07 Å². The zero-order valence-electron chi connectivity index (χ0n) is 11.2. The van der Waals surface area contributed by atoms with Gasteiger partial charge in [0.1, 0.15) is 12.6 Å². The second kappa shape index (κ2) is 3.55. The molecule has 0 saturated carbocycles. The van der Waals surface area contributed by atoms with E-state index in [0.29, 0.717) is 0 Å². The summed E-state index contributed by atoms with van der Waals surface area (Å²) in [7, 11) is 2.07. The van der Waals surface area contributed by atoms with E-state index < -0.39 is 0 Å². The molecule has 0 amide bonds. The molecule has 0 aliphatic rings. The van der Waals surface area contributed by atoms with Crippen molar-refractivity contribution < 1.29 is 8.98 Å². The highest BCUT2D eigenvalue weighted by Gasteiger charge is 2.20. The Labute approximate surface area is 106 Å². The highest BCUT2D eigenvalue weighted by atomic mass is 16.3. The molecule has 0 saturated heterocycles. The lowest BCUT2D eigenvalue weighted by atomic mass is 9.87. The SMILES string of the molecule is C[n+]1cc(C(C)(C)C)cc2c3ocnc3ccc21. The molecule has 0 spiro atoms. The Morgan fingerprint density at radius 2 is 2.00 bits per heavy atom. The van der Waals surface area contributed by atoms with Crippen molar-refractivity contribution in [3.8, 4) is 0 Å². The second-order valence-corrected chi connectivity index (χ2v) is 5.79. The molecule has 0 atom stereocenters. The van der Waals surface area contributed by atoms with Crippen molar-refractivity contribution >= 4 is 22.0 Å². The zero-order valence-corrected chi connectivity index (χ0v) is 11.2. The van der Waals surface area contributed by atoms with Gasteiger partial charge in [0.2, 0.25) is 5.52 Å². The van der Waals surface area contributed by atoms with Crippen LogP contribution in [0.15, 0.2) is 35.2 Å². The van der Waals surface area contributed by atoms with Crippen molar-refractivity contribution in [1.29, 1.82) is 0 Å². The Hall–Kier alpha value is -1.90. The van der Waals surface area contributed by atoms with E-state index in [1.54, 1.807) is 0 Å². The minimum Gasteiger partial charge on any atom is -0.443 e. The Morgan fingerprint density at radius 3 is 2.72 bits per heavy atom. The first-order chi connectivity index (χ1) is 8.47. The summed E-state index contributed by atoms with van der Waals surface area (Å²) in [5.41, 5.74) is 4.35. The van der Waals surface area contributed by atoms with Gasteiger partial charge in [0.05, 0.1) is 5.39 Å². The highest BCUT2D eigenvalue weighted by molar-refractivity contribution is 5.99. The topological polar surface area (TPSA) is 29.9 Å². The van der Waals surface area contributed by atoms with Crippen LogP contribution in [0.25, 0.3) is 22.0 Å². The molecule has 3 nitrogen and oxygen atoms in total. The quantitative estimate of drug-likeness (QED) is 0.566. The number of rotatable bonds is 0. The number of fused-ring (bicyclic) bond motifs is 3. The van der Waals surface area contributed by atoms with Gasteiger partial charge in [-0.15, -0.1) is 0 Å². The molecule has 0 N–H and O–H groups in total. The molecule has 0 aliphatic heterocycles. The van der Waals surface area contributed by atoms with E-state index in [1.165, 1.54) is 12.0 Å². The Kier molecular flexibility index (Phi) is 2.21. The van der Waals surface area contributed by atoms with Gasteiger partial charge < -0.3 is 4.42 Å². The van der Waals surface area contributed by atoms with Gasteiger partial charge in [0, 0.05) is 11.6 Å². The van der Waals surface area contributed by atoms with Crippen LogP contribution in [0, 0.1) is 0 Å². The summed E-state index contributed by atoms with van der Waals surface area (Å²) in [5.74, 6) is 0. The molecule has 3 aromatic rings. The van der Waals surface area contributed by atoms with Crippen molar-refractivity contribution in [3.05, 3.63) is 36.4 Å². The lowest BCUT2D eigenvalue weighted by Gasteiger charge is -2.17. The number of oxazole rings is 1. The summed E-state index contributed by atoms with van der Waals surface area (Å²) >= 11 is 0. The van der Waals surface area contributed by atoms with E-state index in [2.05, 4.69) is 55.7 Å². The smallest absolute Gasteiger partial charge is 0.216 e. The van der Waals surface area contributed by atoms with Gasteiger partial charge in [-0.05, 0) is 17.5 Å². The van der Waals surface area contributed by atoms with E-state index in [9.17, 15) is 0 Å². The van der Waals surface area contributed by atoms with E-state index in [-0.39, 0.29) is 5.41 Å². The number of pyridine rings is 1. The van der Waals surface area contributed by atoms with Crippen LogP contribution in [0.3, 0.4) is 0 Å². The molecule has 92 valence electrons. The molecule has 3 rings (SSSR count). The van der Waals surface area contributed by atoms with Crippen LogP contribution >= 0.6 is 0 Å². The summed E-state index contributed by atoms with van der Waals surface area (Å²) in [6.07, 6.45) is 3.69. The fraction of sp³-hybridized carbons (Fsp3) is 0.333. The van der Waals surface area contributed by atoms with Crippen LogP contribution in [-0.2, 0) is 12.5 Å². The summed E-state index contributed by atoms with van der Waals surface area (Å²) in [4.78, 5) is 4.21. The molecule has 0 bridgehead atoms. The Balaban J connectivity index is 2.46. The van der Waals surface area contributed by atoms with Crippen molar-refractivity contribution in [1.82, 2.24) is 4.98 Å². The van der Waals surface area contributed by atoms with Crippen molar-refractivity contribution in [2.75, 3.05) is 0 Å². The van der Waals surface area contributed by atoms with E-state index >= 15 is 0 Å². The summed E-state index contributed by atoms with van der Waals surface area (Å²) in [6, 6.07) is 6.30. The van der Waals surface area contributed by atoms with Gasteiger partial charge in [0.25, 0.3) is 0 Å². The Morgan fingerprint density at radius 1 is 1.22 bits per heavy atom. The summed E-state index contributed by atoms with van der Waals surface area (Å²) in [5, 5.41) is 1.12. The monoisotopic (exact) mass is 241 g/mol. The first-order valence-corrected chi connectivity index (χ1v) is 6.13. The van der Waals surface area contributed by atoms with E-state index in [0.717, 1.165) is 22.0 Å². The third kappa shape index (κ3) is 1.58. The van der Waals surface area contributed by atoms with Crippen molar-refractivity contribution in [3.63, 3.8) is 0 Å². The minimum absolute atomic E-state index is 0.119. The van der Waals surface area contributed by atoms with Crippen LogP contribution in [0.2, 0.25) is 0 Å². The minimum atomic E-state index is 0.119. The standard InChI is InChI=1S/C15H17N2O/c1-15(2,3)10-7-11-13(17(4)8-10)6-5-12-14(11)18-9-16-12/h5-9H,1-4H3/q+1. The lowest BCUT2D eigenvalue weighted by molar-refractivity contribution is -0.645. The molecule has 1 aromatic carbocycles. The maximum atomic E-state index is 5.53. The number of hydrogen-bond acceptors (Lipinski definition) is 2. The van der Waals surface area contributed by atoms with Gasteiger partial charge >= 0.3 is 0 Å². The predicted octanol–water partition coefficient (Wildman–Crippen LogP) is 3.10. The lowest BCUT2D eigenvalue weighted by Crippen LogP contribution is -2.31. The van der Waals surface area contributed by atoms with Crippen molar-refractivity contribution in [2.24, 2.45) is 7.05 Å². The summed E-state index contributed by atoms with van der Waals surface area (Å²) < 4.78 is 7.68. The molecule has 0 aliphatic carbocycles. The van der Waals surface area contributed by atoms with Gasteiger partial charge in [-0.1, -0.05) is 20.8 Å². The van der Waals surface area contributed by atoms with Gasteiger partial charge in [-0.3, -0.25) is 0 Å².